The van der Waals surface area contributed by atoms with Crippen LogP contribution in [0.25, 0.3) is 0 Å². The Hall–Kier alpha value is -0.546. The van der Waals surface area contributed by atoms with Crippen LogP contribution in [0.4, 0.5) is 0 Å². The van der Waals surface area contributed by atoms with Crippen LogP contribution in [0.1, 0.15) is 5.56 Å². The van der Waals surface area contributed by atoms with Gasteiger partial charge in [0.15, 0.2) is 0 Å². The molecule has 0 aliphatic heterocycles. The molecule has 0 N–H and O–H groups in total. The molecule has 0 aromatic heterocycles. The Balaban J connectivity index is 0.000000396. The zero-order valence-corrected chi connectivity index (χ0v) is 15.1. The van der Waals surface area contributed by atoms with Crippen molar-refractivity contribution in [3.63, 3.8) is 0 Å². The van der Waals surface area contributed by atoms with Crippen molar-refractivity contribution in [2.24, 2.45) is 0 Å². The summed E-state index contributed by atoms with van der Waals surface area (Å²) in [5.41, 5.74) is 1.19. The van der Waals surface area contributed by atoms with Crippen LogP contribution < -0.4 is 0 Å². The molecule has 0 spiro atoms. The summed E-state index contributed by atoms with van der Waals surface area (Å²) < 4.78 is 25.3. The number of benzene rings is 1. The van der Waals surface area contributed by atoms with Crippen molar-refractivity contribution < 1.29 is 22.1 Å². The van der Waals surface area contributed by atoms with Gasteiger partial charge in [-0.25, -0.2) is 0 Å². The molecule has 0 heterocycles. The zero-order valence-electron chi connectivity index (χ0n) is 13.1. The zero-order chi connectivity index (χ0) is 15.4. The van der Waals surface area contributed by atoms with Crippen LogP contribution in [0.3, 0.4) is 0 Å². The van der Waals surface area contributed by atoms with Crippen molar-refractivity contribution >= 4 is 18.1 Å². The summed E-state index contributed by atoms with van der Waals surface area (Å²) >= 11 is 0. The molecule has 1 rings (SSSR count). The van der Waals surface area contributed by atoms with E-state index < -0.39 is 18.1 Å². The molecule has 0 bridgehead atoms. The second-order valence-corrected chi connectivity index (χ2v) is 8.57. The lowest BCUT2D eigenvalue weighted by atomic mass is 10.2. The van der Waals surface area contributed by atoms with Gasteiger partial charge in [-0.3, -0.25) is 0 Å². The summed E-state index contributed by atoms with van der Waals surface area (Å²) in [5, 5.41) is 0. The molecule has 5 nitrogen and oxygen atoms in total. The second kappa shape index (κ2) is 11.2. The Morgan fingerprint density at radius 2 is 1.45 bits per heavy atom. The smallest absolute Gasteiger partial charge is 0.397 e. The monoisotopic (exact) mass is 317 g/mol. The molecule has 0 fully saturated rings. The van der Waals surface area contributed by atoms with Crippen molar-refractivity contribution in [2.45, 2.75) is 19.7 Å². The molecule has 0 atom stereocenters. The lowest BCUT2D eigenvalue weighted by molar-refractivity contribution is 0.132. The Kier molecular flexibility index (Phi) is 10.8. The lowest BCUT2D eigenvalue weighted by Crippen LogP contribution is -2.38. The molecular weight excluding hydrogens is 292 g/mol. The maximum atomic E-state index is 5.46. The minimum atomic E-state index is -2.17. The minimum absolute atomic E-state index is 0.652. The molecule has 1 aromatic carbocycles. The fourth-order valence-corrected chi connectivity index (χ4v) is 2.06. The fraction of sp³-hybridized carbons (Fsp3) is 0.538. The Morgan fingerprint density at radius 3 is 1.80 bits per heavy atom. The van der Waals surface area contributed by atoms with E-state index in [0.717, 1.165) is 0 Å². The average molecular weight is 318 g/mol. The van der Waals surface area contributed by atoms with Gasteiger partial charge < -0.3 is 22.1 Å². The van der Waals surface area contributed by atoms with Gasteiger partial charge >= 0.3 is 18.1 Å². The van der Waals surface area contributed by atoms with E-state index in [1.807, 2.05) is 43.4 Å². The van der Waals surface area contributed by atoms with Crippen LogP contribution in [0.15, 0.2) is 30.3 Å². The first-order valence-electron chi connectivity index (χ1n) is 6.21. The first-order chi connectivity index (χ1) is 9.51. The van der Waals surface area contributed by atoms with Gasteiger partial charge in [-0.2, -0.15) is 0 Å². The topological polar surface area (TPSA) is 46.2 Å². The summed E-state index contributed by atoms with van der Waals surface area (Å²) in [5.74, 6) is 0. The third-order valence-electron chi connectivity index (χ3n) is 2.68. The van der Waals surface area contributed by atoms with E-state index in [4.69, 9.17) is 22.1 Å². The highest BCUT2D eigenvalue weighted by Gasteiger charge is 2.29. The van der Waals surface area contributed by atoms with E-state index >= 15 is 0 Å². The van der Waals surface area contributed by atoms with Crippen LogP contribution in [0.2, 0.25) is 13.1 Å². The van der Waals surface area contributed by atoms with Gasteiger partial charge in [-0.05, 0) is 12.1 Å². The molecule has 7 heteroatoms. The average Bonchev–Trinajstić information content (AvgIpc) is 2.53. The van der Waals surface area contributed by atoms with Gasteiger partial charge in [0.05, 0.1) is 6.61 Å². The summed E-state index contributed by atoms with van der Waals surface area (Å²) in [4.78, 5) is 0. The van der Waals surface area contributed by atoms with Crippen LogP contribution in [-0.2, 0) is 28.7 Å². The number of hydrogen-bond donors (Lipinski definition) is 0. The molecule has 0 amide bonds. The fourth-order valence-electron chi connectivity index (χ4n) is 1.07. The Labute approximate surface area is 125 Å². The van der Waals surface area contributed by atoms with Crippen molar-refractivity contribution in [1.82, 2.24) is 0 Å². The van der Waals surface area contributed by atoms with E-state index in [1.54, 1.807) is 28.4 Å². The molecular formula is C13H25O5Si2. The second-order valence-electron chi connectivity index (χ2n) is 3.94. The standard InChI is InChI=1S/C9H13O2Si.C4H12O3Si/c1-10-12(2)11-8-9-6-4-3-5-7-9;1-5-8(4,6-2)7-3/h3-7H,8H2,1-2H3;1-4H3. The molecule has 20 heavy (non-hydrogen) atoms. The number of hydrogen-bond acceptors (Lipinski definition) is 5. The van der Waals surface area contributed by atoms with Crippen molar-refractivity contribution in [3.05, 3.63) is 35.9 Å². The number of rotatable bonds is 7. The van der Waals surface area contributed by atoms with Gasteiger partial charge in [0.1, 0.15) is 0 Å². The van der Waals surface area contributed by atoms with E-state index in [0.29, 0.717) is 6.61 Å². The molecule has 1 aromatic rings. The molecule has 1 radical (unpaired) electrons. The molecule has 0 saturated carbocycles. The molecule has 0 unspecified atom stereocenters. The quantitative estimate of drug-likeness (QED) is 0.723. The van der Waals surface area contributed by atoms with E-state index in [-0.39, 0.29) is 0 Å². The van der Waals surface area contributed by atoms with Gasteiger partial charge in [0.2, 0.25) is 0 Å². The maximum absolute atomic E-state index is 5.46. The van der Waals surface area contributed by atoms with Crippen molar-refractivity contribution in [3.8, 4) is 0 Å². The van der Waals surface area contributed by atoms with Crippen LogP contribution in [-0.4, -0.2) is 46.5 Å². The SMILES string of the molecule is CO[Si](C)(OC)OC.CO[Si](C)OCc1ccccc1. The van der Waals surface area contributed by atoms with Crippen molar-refractivity contribution in [2.75, 3.05) is 28.4 Å². The van der Waals surface area contributed by atoms with Gasteiger partial charge in [0, 0.05) is 35.0 Å². The van der Waals surface area contributed by atoms with E-state index in [1.165, 1.54) is 5.56 Å². The van der Waals surface area contributed by atoms with Gasteiger partial charge in [0.25, 0.3) is 0 Å². The summed E-state index contributed by atoms with van der Waals surface area (Å²) in [6, 6.07) is 10.1. The predicted molar refractivity (Wildman–Crippen MR) is 82.5 cm³/mol. The van der Waals surface area contributed by atoms with Crippen LogP contribution in [0, 0.1) is 0 Å². The Morgan fingerprint density at radius 1 is 0.950 bits per heavy atom. The first-order valence-corrected chi connectivity index (χ1v) is 10.2. The molecule has 0 saturated heterocycles. The van der Waals surface area contributed by atoms with E-state index in [2.05, 4.69) is 0 Å². The highest BCUT2D eigenvalue weighted by Crippen LogP contribution is 2.02. The lowest BCUT2D eigenvalue weighted by Gasteiger charge is -2.18. The minimum Gasteiger partial charge on any atom is -0.397 e. The normalized spacial score (nSPS) is 11.2. The highest BCUT2D eigenvalue weighted by molar-refractivity contribution is 6.58. The molecule has 0 aliphatic rings. The summed E-state index contributed by atoms with van der Waals surface area (Å²) in [7, 11) is 3.23. The maximum Gasteiger partial charge on any atom is 0.496 e. The largest absolute Gasteiger partial charge is 0.496 e. The highest BCUT2D eigenvalue weighted by atomic mass is 28.4. The van der Waals surface area contributed by atoms with Crippen LogP contribution in [0.5, 0.6) is 0 Å². The molecule has 0 aliphatic carbocycles. The summed E-state index contributed by atoms with van der Waals surface area (Å²) in [6.45, 7) is 4.46. The third kappa shape index (κ3) is 8.59. The summed E-state index contributed by atoms with van der Waals surface area (Å²) in [6.07, 6.45) is 0. The Bertz CT molecular complexity index is 325. The van der Waals surface area contributed by atoms with Gasteiger partial charge in [-0.15, -0.1) is 0 Å². The first kappa shape index (κ1) is 19.5. The molecule has 115 valence electrons. The van der Waals surface area contributed by atoms with Crippen molar-refractivity contribution in [1.29, 1.82) is 0 Å². The third-order valence-corrected chi connectivity index (χ3v) is 6.04. The van der Waals surface area contributed by atoms with Gasteiger partial charge in [-0.1, -0.05) is 30.3 Å². The van der Waals surface area contributed by atoms with Crippen LogP contribution >= 0.6 is 0 Å². The predicted octanol–water partition coefficient (Wildman–Crippen LogP) is 2.46. The van der Waals surface area contributed by atoms with E-state index in [9.17, 15) is 0 Å².